The van der Waals surface area contributed by atoms with E-state index in [0.29, 0.717) is 6.04 Å². The molecule has 0 radical (unpaired) electrons. The third-order valence-corrected chi connectivity index (χ3v) is 4.52. The van der Waals surface area contributed by atoms with Crippen LogP contribution in [0.5, 0.6) is 0 Å². The molecule has 2 unspecified atom stereocenters. The Morgan fingerprint density at radius 2 is 2.09 bits per heavy atom. The molecule has 1 aromatic heterocycles. The zero-order chi connectivity index (χ0) is 15.8. The van der Waals surface area contributed by atoms with E-state index in [1.807, 2.05) is 0 Å². The molecule has 23 heavy (non-hydrogen) atoms. The molecular weight excluding hydrogens is 284 g/mol. The lowest BCUT2D eigenvalue weighted by Crippen LogP contribution is -2.33. The van der Waals surface area contributed by atoms with Gasteiger partial charge in [-0.2, -0.15) is 0 Å². The highest BCUT2D eigenvalue weighted by atomic mass is 15.1. The molecule has 1 aliphatic carbocycles. The fourth-order valence-corrected chi connectivity index (χ4v) is 3.32. The van der Waals surface area contributed by atoms with Crippen molar-refractivity contribution < 1.29 is 0 Å². The van der Waals surface area contributed by atoms with Gasteiger partial charge in [0.25, 0.3) is 0 Å². The number of H-pyrrole nitrogens is 1. The Labute approximate surface area is 136 Å². The molecule has 4 rings (SSSR count). The zero-order valence-corrected chi connectivity index (χ0v) is 13.6. The average molecular weight is 306 g/mol. The Bertz CT molecular complexity index is 825. The normalized spacial score (nSPS) is 22.7. The minimum absolute atomic E-state index is 0.280. The number of allylic oxidation sites excluding steroid dienone is 2. The number of aryl methyl sites for hydroxylation is 2. The Morgan fingerprint density at radius 1 is 1.17 bits per heavy atom. The second kappa shape index (κ2) is 5.69. The van der Waals surface area contributed by atoms with E-state index in [0.717, 1.165) is 42.0 Å². The number of hydrogen-bond acceptors (Lipinski definition) is 3. The summed E-state index contributed by atoms with van der Waals surface area (Å²) in [5.41, 5.74) is 4.76. The first-order valence-electron chi connectivity index (χ1n) is 8.32. The van der Waals surface area contributed by atoms with Gasteiger partial charge >= 0.3 is 0 Å². The van der Waals surface area contributed by atoms with Crippen molar-refractivity contribution in [1.82, 2.24) is 15.3 Å². The average Bonchev–Trinajstić information content (AvgIpc) is 3.09. The number of aromatic amines is 1. The Morgan fingerprint density at radius 3 is 3.00 bits per heavy atom. The Balaban J connectivity index is 1.36. The van der Waals surface area contributed by atoms with Gasteiger partial charge in [0.15, 0.2) is 0 Å². The van der Waals surface area contributed by atoms with Gasteiger partial charge in [0.05, 0.1) is 29.0 Å². The number of aliphatic imine (C=N–C) groups is 1. The lowest BCUT2D eigenvalue weighted by Gasteiger charge is -2.16. The van der Waals surface area contributed by atoms with E-state index in [2.05, 4.69) is 65.6 Å². The number of fused-ring (bicyclic) bond motifs is 2. The molecule has 0 amide bonds. The second-order valence-corrected chi connectivity index (χ2v) is 6.56. The summed E-state index contributed by atoms with van der Waals surface area (Å²) in [6.45, 7) is 4.24. The van der Waals surface area contributed by atoms with Gasteiger partial charge in [-0.3, -0.25) is 4.99 Å². The molecule has 118 valence electrons. The largest absolute Gasteiger partial charge is 0.365 e. The second-order valence-electron chi connectivity index (χ2n) is 6.56. The first-order valence-corrected chi connectivity index (χ1v) is 8.32. The number of nitrogens with one attached hydrogen (secondary N) is 2. The zero-order valence-electron chi connectivity index (χ0n) is 13.6. The number of aromatic nitrogens is 2. The van der Waals surface area contributed by atoms with Crippen LogP contribution in [0.2, 0.25) is 0 Å². The van der Waals surface area contributed by atoms with Crippen LogP contribution in [0.4, 0.5) is 0 Å². The lowest BCUT2D eigenvalue weighted by molar-refractivity contribution is 0.686. The highest BCUT2D eigenvalue weighted by Gasteiger charge is 2.26. The van der Waals surface area contributed by atoms with Crippen LogP contribution in [-0.4, -0.2) is 27.9 Å². The van der Waals surface area contributed by atoms with Crippen molar-refractivity contribution in [3.63, 3.8) is 0 Å². The van der Waals surface area contributed by atoms with Crippen LogP contribution in [0.1, 0.15) is 31.2 Å². The molecule has 1 aliphatic heterocycles. The summed E-state index contributed by atoms with van der Waals surface area (Å²) in [4.78, 5) is 12.9. The molecule has 0 fully saturated rings. The van der Waals surface area contributed by atoms with E-state index in [1.165, 1.54) is 11.1 Å². The van der Waals surface area contributed by atoms with Crippen LogP contribution in [0.15, 0.2) is 47.0 Å². The molecule has 2 atom stereocenters. The smallest absolute Gasteiger partial charge is 0.107 e. The molecular formula is C19H22N4. The van der Waals surface area contributed by atoms with Crippen molar-refractivity contribution in [2.24, 2.45) is 4.99 Å². The van der Waals surface area contributed by atoms with Crippen LogP contribution in [-0.2, 0) is 6.42 Å². The first-order chi connectivity index (χ1) is 11.2. The maximum Gasteiger partial charge on any atom is 0.107 e. The molecule has 2 aliphatic rings. The minimum atomic E-state index is 0.280. The van der Waals surface area contributed by atoms with E-state index < -0.39 is 0 Å². The highest BCUT2D eigenvalue weighted by molar-refractivity contribution is 5.85. The lowest BCUT2D eigenvalue weighted by atomic mass is 10.0. The van der Waals surface area contributed by atoms with Gasteiger partial charge < -0.3 is 10.3 Å². The fourth-order valence-electron chi connectivity index (χ4n) is 3.32. The van der Waals surface area contributed by atoms with Crippen molar-refractivity contribution in [2.75, 3.05) is 0 Å². The Kier molecular flexibility index (Phi) is 3.52. The van der Waals surface area contributed by atoms with Gasteiger partial charge in [0.2, 0.25) is 0 Å². The summed E-state index contributed by atoms with van der Waals surface area (Å²) in [6, 6.07) is 6.97. The number of hydrogen-bond donors (Lipinski definition) is 2. The number of amidine groups is 1. The summed E-state index contributed by atoms with van der Waals surface area (Å²) >= 11 is 0. The van der Waals surface area contributed by atoms with Crippen molar-refractivity contribution in [3.05, 3.63) is 53.4 Å². The van der Waals surface area contributed by atoms with E-state index in [4.69, 9.17) is 4.99 Å². The molecule has 2 aromatic rings. The van der Waals surface area contributed by atoms with Gasteiger partial charge in [-0.15, -0.1) is 0 Å². The quantitative estimate of drug-likeness (QED) is 0.909. The highest BCUT2D eigenvalue weighted by Crippen LogP contribution is 2.20. The van der Waals surface area contributed by atoms with Crippen LogP contribution < -0.4 is 5.32 Å². The number of imidazole rings is 1. The fraction of sp³-hybridized carbons (Fsp3) is 0.368. The van der Waals surface area contributed by atoms with E-state index in [9.17, 15) is 0 Å². The predicted molar refractivity (Wildman–Crippen MR) is 94.8 cm³/mol. The summed E-state index contributed by atoms with van der Waals surface area (Å²) in [6.07, 6.45) is 9.60. The monoisotopic (exact) mass is 306 g/mol. The number of rotatable bonds is 4. The molecule has 4 nitrogen and oxygen atoms in total. The molecule has 4 heteroatoms. The topological polar surface area (TPSA) is 53.1 Å². The molecule has 0 bridgehead atoms. The minimum Gasteiger partial charge on any atom is -0.365 e. The van der Waals surface area contributed by atoms with Gasteiger partial charge in [0, 0.05) is 12.8 Å². The summed E-state index contributed by atoms with van der Waals surface area (Å²) in [5, 5.41) is 3.54. The van der Waals surface area contributed by atoms with Gasteiger partial charge in [-0.25, -0.2) is 4.98 Å². The standard InChI is InChI=1S/C19H22N4/c1-12-6-8-14-16(10-12)22-18(20-14)4-3-5-19-21-15-9-7-13(2)11-17(15)23-19/h6-11,14,16H,3-5H2,1-2H3,(H,20,22)(H,21,23). The summed E-state index contributed by atoms with van der Waals surface area (Å²) in [7, 11) is 0. The van der Waals surface area contributed by atoms with Crippen molar-refractivity contribution >= 4 is 16.9 Å². The van der Waals surface area contributed by atoms with Crippen molar-refractivity contribution in [1.29, 1.82) is 0 Å². The summed E-state index contributed by atoms with van der Waals surface area (Å²) < 4.78 is 0. The Hall–Kier alpha value is -2.36. The molecule has 2 heterocycles. The van der Waals surface area contributed by atoms with E-state index >= 15 is 0 Å². The van der Waals surface area contributed by atoms with Crippen molar-refractivity contribution in [2.45, 2.75) is 45.2 Å². The maximum absolute atomic E-state index is 4.77. The molecule has 0 saturated carbocycles. The van der Waals surface area contributed by atoms with Gasteiger partial charge in [0.1, 0.15) is 5.82 Å². The van der Waals surface area contributed by atoms with E-state index in [1.54, 1.807) is 0 Å². The van der Waals surface area contributed by atoms with Crippen molar-refractivity contribution in [3.8, 4) is 0 Å². The van der Waals surface area contributed by atoms with Gasteiger partial charge in [-0.05, 0) is 38.0 Å². The first kappa shape index (κ1) is 14.2. The molecule has 1 aromatic carbocycles. The van der Waals surface area contributed by atoms with Crippen LogP contribution in [0, 0.1) is 6.92 Å². The van der Waals surface area contributed by atoms with Crippen LogP contribution in [0.25, 0.3) is 11.0 Å². The maximum atomic E-state index is 4.77. The SMILES string of the molecule is CC1=CC2NC(CCCc3nc4ccc(C)cc4[nH]3)=NC2C=C1. The number of benzene rings is 1. The van der Waals surface area contributed by atoms with E-state index in [-0.39, 0.29) is 6.04 Å². The summed E-state index contributed by atoms with van der Waals surface area (Å²) in [5.74, 6) is 2.19. The predicted octanol–water partition coefficient (Wildman–Crippen LogP) is 3.45. The van der Waals surface area contributed by atoms with Gasteiger partial charge in [-0.1, -0.05) is 29.9 Å². The molecule has 0 saturated heterocycles. The van der Waals surface area contributed by atoms with Crippen LogP contribution in [0.3, 0.4) is 0 Å². The van der Waals surface area contributed by atoms with Crippen LogP contribution >= 0.6 is 0 Å². The molecule has 0 spiro atoms. The third-order valence-electron chi connectivity index (χ3n) is 4.52. The number of nitrogens with zero attached hydrogens (tertiary/aromatic N) is 2. The molecule has 2 N–H and O–H groups in total. The third kappa shape index (κ3) is 2.93.